The van der Waals surface area contributed by atoms with E-state index in [0.29, 0.717) is 18.9 Å². The molecule has 1 fully saturated rings. The van der Waals surface area contributed by atoms with Gasteiger partial charge in [0.25, 0.3) is 0 Å². The fourth-order valence-electron chi connectivity index (χ4n) is 3.50. The summed E-state index contributed by atoms with van der Waals surface area (Å²) >= 11 is 0. The highest BCUT2D eigenvalue weighted by Crippen LogP contribution is 2.21. The van der Waals surface area contributed by atoms with Crippen LogP contribution in [0, 0.1) is 0 Å². The number of aromatic nitrogens is 3. The van der Waals surface area contributed by atoms with Crippen LogP contribution in [0.2, 0.25) is 0 Å². The van der Waals surface area contributed by atoms with Crippen LogP contribution in [0.25, 0.3) is 0 Å². The smallest absolute Gasteiger partial charge is 0.244 e. The number of hydrogen-bond acceptors (Lipinski definition) is 6. The molecule has 0 aliphatic carbocycles. The number of anilines is 1. The maximum atomic E-state index is 12.7. The van der Waals surface area contributed by atoms with Crippen LogP contribution >= 0.6 is 0 Å². The van der Waals surface area contributed by atoms with Gasteiger partial charge in [0, 0.05) is 38.6 Å². The summed E-state index contributed by atoms with van der Waals surface area (Å²) in [5.74, 6) is 0.671. The van der Waals surface area contributed by atoms with Crippen molar-refractivity contribution in [3.05, 3.63) is 36.3 Å². The summed E-state index contributed by atoms with van der Waals surface area (Å²) in [6, 6.07) is 5.52. The summed E-state index contributed by atoms with van der Waals surface area (Å²) in [6.07, 6.45) is 6.21. The topological polar surface area (TPSA) is 92.2 Å². The first-order valence-electron chi connectivity index (χ1n) is 9.07. The third-order valence-electron chi connectivity index (χ3n) is 4.94. The number of fused-ring (bicyclic) bond motifs is 1. The molecule has 9 heteroatoms. The Kier molecular flexibility index (Phi) is 4.92. The Balaban J connectivity index is 1.44. The quantitative estimate of drug-likeness (QED) is 0.828. The van der Waals surface area contributed by atoms with E-state index in [1.54, 1.807) is 22.6 Å². The molecule has 2 aromatic heterocycles. The zero-order valence-electron chi connectivity index (χ0n) is 14.6. The molecule has 2 aliphatic heterocycles. The van der Waals surface area contributed by atoms with Crippen LogP contribution in [0.3, 0.4) is 0 Å². The van der Waals surface area contributed by atoms with Crippen molar-refractivity contribution < 1.29 is 8.42 Å². The van der Waals surface area contributed by atoms with Gasteiger partial charge in [-0.3, -0.25) is 4.68 Å². The number of pyridine rings is 1. The van der Waals surface area contributed by atoms with E-state index < -0.39 is 10.0 Å². The molecule has 4 rings (SSSR count). The maximum absolute atomic E-state index is 12.7. The highest BCUT2D eigenvalue weighted by Gasteiger charge is 2.26. The van der Waals surface area contributed by atoms with E-state index in [4.69, 9.17) is 0 Å². The largest absolute Gasteiger partial charge is 0.364 e. The van der Waals surface area contributed by atoms with Gasteiger partial charge in [0.05, 0.1) is 18.3 Å². The SMILES string of the molecule is O=S(=O)(c1ccc(NC2CNCc3ccnn3C2)nc1)N1CCCCC1. The molecule has 0 amide bonds. The minimum atomic E-state index is -3.43. The van der Waals surface area contributed by atoms with E-state index in [-0.39, 0.29) is 10.9 Å². The summed E-state index contributed by atoms with van der Waals surface area (Å²) in [4.78, 5) is 4.60. The highest BCUT2D eigenvalue weighted by atomic mass is 32.2. The molecule has 0 radical (unpaired) electrons. The average Bonchev–Trinajstić information content (AvgIpc) is 3.01. The molecule has 140 valence electrons. The Morgan fingerprint density at radius 3 is 2.77 bits per heavy atom. The van der Waals surface area contributed by atoms with Crippen molar-refractivity contribution in [3.63, 3.8) is 0 Å². The lowest BCUT2D eigenvalue weighted by Gasteiger charge is -2.25. The molecule has 2 aliphatic rings. The Hall–Kier alpha value is -1.97. The predicted octanol–water partition coefficient (Wildman–Crippen LogP) is 1.04. The summed E-state index contributed by atoms with van der Waals surface area (Å²) in [7, 11) is -3.43. The molecule has 2 N–H and O–H groups in total. The maximum Gasteiger partial charge on any atom is 0.244 e. The first-order valence-corrected chi connectivity index (χ1v) is 10.5. The number of piperidine rings is 1. The third kappa shape index (κ3) is 3.60. The molecule has 1 atom stereocenters. The molecule has 0 saturated carbocycles. The highest BCUT2D eigenvalue weighted by molar-refractivity contribution is 7.89. The van der Waals surface area contributed by atoms with E-state index in [1.807, 2.05) is 10.7 Å². The Labute approximate surface area is 153 Å². The molecule has 1 saturated heterocycles. The predicted molar refractivity (Wildman–Crippen MR) is 98.2 cm³/mol. The molecule has 4 heterocycles. The van der Waals surface area contributed by atoms with Crippen molar-refractivity contribution in [1.29, 1.82) is 0 Å². The summed E-state index contributed by atoms with van der Waals surface area (Å²) < 4.78 is 28.9. The average molecular weight is 376 g/mol. The number of sulfonamides is 1. The lowest BCUT2D eigenvalue weighted by atomic mass is 10.2. The second kappa shape index (κ2) is 7.34. The van der Waals surface area contributed by atoms with Crippen LogP contribution < -0.4 is 10.6 Å². The van der Waals surface area contributed by atoms with E-state index in [2.05, 4.69) is 20.7 Å². The first kappa shape index (κ1) is 17.4. The van der Waals surface area contributed by atoms with Crippen LogP contribution in [0.5, 0.6) is 0 Å². The van der Waals surface area contributed by atoms with Gasteiger partial charge in [-0.1, -0.05) is 6.42 Å². The lowest BCUT2D eigenvalue weighted by Crippen LogP contribution is -2.35. The molecule has 26 heavy (non-hydrogen) atoms. The Morgan fingerprint density at radius 1 is 1.15 bits per heavy atom. The van der Waals surface area contributed by atoms with Gasteiger partial charge in [0.15, 0.2) is 0 Å². The number of nitrogens with zero attached hydrogens (tertiary/aromatic N) is 4. The number of hydrogen-bond donors (Lipinski definition) is 2. The zero-order chi connectivity index (χ0) is 18.0. The van der Waals surface area contributed by atoms with Gasteiger partial charge in [0.1, 0.15) is 10.7 Å². The lowest BCUT2D eigenvalue weighted by molar-refractivity contribution is 0.346. The van der Waals surface area contributed by atoms with Crippen molar-refractivity contribution in [3.8, 4) is 0 Å². The van der Waals surface area contributed by atoms with Gasteiger partial charge >= 0.3 is 0 Å². The van der Waals surface area contributed by atoms with Gasteiger partial charge < -0.3 is 10.6 Å². The van der Waals surface area contributed by atoms with E-state index in [1.165, 1.54) is 6.20 Å². The normalized spacial score (nSPS) is 21.8. The molecule has 8 nitrogen and oxygen atoms in total. The first-order chi connectivity index (χ1) is 12.6. The standard InChI is InChI=1S/C17H24N6O2S/c24-26(25,22-8-2-1-3-9-22)16-4-5-17(19-12-16)21-14-10-18-11-15-6-7-20-23(15)13-14/h4-7,12,14,18H,1-3,8-11,13H2,(H,19,21). The minimum Gasteiger partial charge on any atom is -0.364 e. The molecule has 2 aromatic rings. The fourth-order valence-corrected chi connectivity index (χ4v) is 4.96. The van der Waals surface area contributed by atoms with Crippen LogP contribution in [0.4, 0.5) is 5.82 Å². The fraction of sp³-hybridized carbons (Fsp3) is 0.529. The molecule has 0 bridgehead atoms. The molecule has 0 spiro atoms. The van der Waals surface area contributed by atoms with Crippen molar-refractivity contribution in [2.75, 3.05) is 25.0 Å². The molecule has 0 aromatic carbocycles. The van der Waals surface area contributed by atoms with E-state index >= 15 is 0 Å². The van der Waals surface area contributed by atoms with Crippen LogP contribution in [0.15, 0.2) is 35.5 Å². The van der Waals surface area contributed by atoms with E-state index in [9.17, 15) is 8.42 Å². The zero-order valence-corrected chi connectivity index (χ0v) is 15.5. The second-order valence-electron chi connectivity index (χ2n) is 6.82. The second-order valence-corrected chi connectivity index (χ2v) is 8.76. The van der Waals surface area contributed by atoms with Gasteiger partial charge in [-0.25, -0.2) is 13.4 Å². The number of nitrogens with one attached hydrogen (secondary N) is 2. The van der Waals surface area contributed by atoms with Crippen molar-refractivity contribution in [2.45, 2.75) is 43.3 Å². The van der Waals surface area contributed by atoms with E-state index in [0.717, 1.165) is 44.6 Å². The third-order valence-corrected chi connectivity index (χ3v) is 6.82. The van der Waals surface area contributed by atoms with Crippen molar-refractivity contribution in [2.24, 2.45) is 0 Å². The van der Waals surface area contributed by atoms with Crippen LogP contribution in [-0.2, 0) is 23.1 Å². The van der Waals surface area contributed by atoms with Crippen molar-refractivity contribution >= 4 is 15.8 Å². The van der Waals surface area contributed by atoms with Gasteiger partial charge in [-0.2, -0.15) is 9.40 Å². The monoisotopic (exact) mass is 376 g/mol. The number of rotatable bonds is 4. The van der Waals surface area contributed by atoms with Gasteiger partial charge in [-0.05, 0) is 31.0 Å². The summed E-state index contributed by atoms with van der Waals surface area (Å²) in [5, 5.41) is 11.1. The van der Waals surface area contributed by atoms with Gasteiger partial charge in [0.2, 0.25) is 10.0 Å². The molecular formula is C17H24N6O2S. The minimum absolute atomic E-state index is 0.133. The summed E-state index contributed by atoms with van der Waals surface area (Å²) in [6.45, 7) is 3.52. The van der Waals surface area contributed by atoms with Crippen LogP contribution in [-0.4, -0.2) is 53.2 Å². The molecular weight excluding hydrogens is 352 g/mol. The van der Waals surface area contributed by atoms with Crippen LogP contribution in [0.1, 0.15) is 25.0 Å². The van der Waals surface area contributed by atoms with Gasteiger partial charge in [-0.15, -0.1) is 0 Å². The molecule has 1 unspecified atom stereocenters. The van der Waals surface area contributed by atoms with Crippen molar-refractivity contribution in [1.82, 2.24) is 24.4 Å². The Bertz CT molecular complexity index is 842. The Morgan fingerprint density at radius 2 is 2.00 bits per heavy atom. The summed E-state index contributed by atoms with van der Waals surface area (Å²) in [5.41, 5.74) is 1.16.